The molecule has 0 amide bonds. The summed E-state index contributed by atoms with van der Waals surface area (Å²) < 4.78 is 10.6. The summed E-state index contributed by atoms with van der Waals surface area (Å²) >= 11 is 0. The van der Waals surface area contributed by atoms with Crippen molar-refractivity contribution in [2.75, 3.05) is 41.0 Å². The van der Waals surface area contributed by atoms with Gasteiger partial charge in [-0.3, -0.25) is 4.79 Å². The van der Waals surface area contributed by atoms with Crippen LogP contribution >= 0.6 is 0 Å². The van der Waals surface area contributed by atoms with Gasteiger partial charge in [0.2, 0.25) is 0 Å². The molecule has 7 heteroatoms. The number of ether oxygens (including phenoxy) is 2. The summed E-state index contributed by atoms with van der Waals surface area (Å²) in [6.45, 7) is 2.15. The van der Waals surface area contributed by atoms with E-state index in [4.69, 9.17) is 9.47 Å². The van der Waals surface area contributed by atoms with Crippen molar-refractivity contribution in [3.05, 3.63) is 60.8 Å². The van der Waals surface area contributed by atoms with Gasteiger partial charge in [0, 0.05) is 12.8 Å². The second-order valence-corrected chi connectivity index (χ2v) is 9.75. The largest absolute Gasteiger partial charge is 0.544 e. The molecular weight excluding hydrogens is 470 g/mol. The average Bonchev–Trinajstić information content (AvgIpc) is 2.83. The highest BCUT2D eigenvalue weighted by Crippen LogP contribution is 2.07. The van der Waals surface area contributed by atoms with Gasteiger partial charge in [0.15, 0.2) is 0 Å². The van der Waals surface area contributed by atoms with Gasteiger partial charge in [-0.25, -0.2) is 0 Å². The first-order chi connectivity index (χ1) is 17.7. The number of quaternary nitrogens is 1. The van der Waals surface area contributed by atoms with Crippen LogP contribution in [0.5, 0.6) is 0 Å². The Bertz CT molecular complexity index is 746. The van der Waals surface area contributed by atoms with Gasteiger partial charge < -0.3 is 29.0 Å². The summed E-state index contributed by atoms with van der Waals surface area (Å²) in [7, 11) is 5.32. The first-order valence-electron chi connectivity index (χ1n) is 13.4. The zero-order chi connectivity index (χ0) is 27.8. The van der Waals surface area contributed by atoms with Crippen molar-refractivity contribution < 1.29 is 33.8 Å². The number of aliphatic hydroxyl groups is 1. The molecule has 2 atom stereocenters. The summed E-state index contributed by atoms with van der Waals surface area (Å²) in [5.74, 6) is -1.48. The van der Waals surface area contributed by atoms with Crippen LogP contribution in [0.4, 0.5) is 0 Å². The molecule has 0 spiro atoms. The average molecular weight is 520 g/mol. The number of allylic oxidation sites excluding steroid dienone is 10. The standard InChI is InChI=1S/C30H49NO6/c1-5-6-7-8-9-10-11-12-13-14-15-16-17-18-19-20-21-22-29(33)37-26-27(32)25-36-24-23-28(30(34)35)31(2,3)4/h6-7,9-10,12-13,15-16,18-19,27-28,32H,5,8,11,14,17,20-26H2,1-4H3/b7-6-,10-9-,13-12-,16-15-,19-18-. The minimum atomic E-state index is -1.13. The molecular formula is C30H49NO6. The Morgan fingerprint density at radius 2 is 1.35 bits per heavy atom. The lowest BCUT2D eigenvalue weighted by molar-refractivity contribution is -0.889. The lowest BCUT2D eigenvalue weighted by Gasteiger charge is -2.34. The number of carbonyl (C=O) groups excluding carboxylic acids is 2. The smallest absolute Gasteiger partial charge is 0.305 e. The highest BCUT2D eigenvalue weighted by molar-refractivity contribution is 5.69. The summed E-state index contributed by atoms with van der Waals surface area (Å²) in [5, 5.41) is 21.1. The van der Waals surface area contributed by atoms with Gasteiger partial charge in [-0.1, -0.05) is 67.7 Å². The fourth-order valence-corrected chi connectivity index (χ4v) is 3.28. The zero-order valence-corrected chi connectivity index (χ0v) is 23.3. The zero-order valence-electron chi connectivity index (χ0n) is 23.3. The third kappa shape index (κ3) is 22.4. The summed E-state index contributed by atoms with van der Waals surface area (Å²) in [6.07, 6.45) is 27.4. The number of unbranched alkanes of at least 4 members (excludes halogenated alkanes) is 1. The third-order valence-electron chi connectivity index (χ3n) is 5.40. The van der Waals surface area contributed by atoms with Crippen LogP contribution < -0.4 is 5.11 Å². The number of aliphatic hydroxyl groups excluding tert-OH is 1. The molecule has 0 aromatic heterocycles. The van der Waals surface area contributed by atoms with E-state index in [2.05, 4.69) is 67.7 Å². The number of likely N-dealkylation sites (N-methyl/N-ethyl adjacent to an activating group) is 1. The van der Waals surface area contributed by atoms with Gasteiger partial charge in [-0.05, 0) is 44.9 Å². The van der Waals surface area contributed by atoms with Gasteiger partial charge >= 0.3 is 5.97 Å². The predicted molar refractivity (Wildman–Crippen MR) is 148 cm³/mol. The molecule has 0 fully saturated rings. The number of aliphatic carboxylic acids is 1. The van der Waals surface area contributed by atoms with Crippen molar-refractivity contribution in [2.45, 2.75) is 76.9 Å². The number of nitrogens with zero attached hydrogens (tertiary/aromatic N) is 1. The van der Waals surface area contributed by atoms with Crippen molar-refractivity contribution in [3.8, 4) is 0 Å². The Labute approximate surface area is 224 Å². The van der Waals surface area contributed by atoms with Gasteiger partial charge in [-0.2, -0.15) is 0 Å². The number of carboxylic acids is 1. The molecule has 7 nitrogen and oxygen atoms in total. The first kappa shape index (κ1) is 34.5. The number of hydrogen-bond donors (Lipinski definition) is 1. The summed E-state index contributed by atoms with van der Waals surface area (Å²) in [4.78, 5) is 23.0. The molecule has 0 bridgehead atoms. The van der Waals surface area contributed by atoms with Crippen LogP contribution in [0.3, 0.4) is 0 Å². The molecule has 0 aliphatic heterocycles. The fourth-order valence-electron chi connectivity index (χ4n) is 3.28. The van der Waals surface area contributed by atoms with Gasteiger partial charge in [0.05, 0.1) is 40.3 Å². The van der Waals surface area contributed by atoms with E-state index in [0.717, 1.165) is 38.5 Å². The van der Waals surface area contributed by atoms with Crippen LogP contribution in [0, 0.1) is 0 Å². The topological polar surface area (TPSA) is 95.9 Å². The van der Waals surface area contributed by atoms with Gasteiger partial charge in [-0.15, -0.1) is 0 Å². The molecule has 0 heterocycles. The van der Waals surface area contributed by atoms with Crippen LogP contribution in [0.25, 0.3) is 0 Å². The molecule has 0 aliphatic carbocycles. The SMILES string of the molecule is CC/C=C\C/C=C\C/C=C\C/C=C\C/C=C\CCCC(=O)OCC(O)COCCC(C(=O)[O-])[N+](C)(C)C. The lowest BCUT2D eigenvalue weighted by atomic mass is 10.1. The minimum absolute atomic E-state index is 0.0236. The maximum atomic E-state index is 11.8. The molecule has 0 radical (unpaired) electrons. The van der Waals surface area contributed by atoms with E-state index in [9.17, 15) is 19.8 Å². The Balaban J connectivity index is 3.75. The molecule has 1 N–H and O–H groups in total. The van der Waals surface area contributed by atoms with Crippen molar-refractivity contribution in [1.82, 2.24) is 0 Å². The van der Waals surface area contributed by atoms with Crippen LogP contribution in [0.15, 0.2) is 60.8 Å². The van der Waals surface area contributed by atoms with Crippen molar-refractivity contribution in [3.63, 3.8) is 0 Å². The van der Waals surface area contributed by atoms with Gasteiger partial charge in [0.1, 0.15) is 18.8 Å². The minimum Gasteiger partial charge on any atom is -0.544 e. The summed E-state index contributed by atoms with van der Waals surface area (Å²) in [5.41, 5.74) is 0. The number of rotatable bonds is 22. The van der Waals surface area contributed by atoms with E-state index in [1.54, 1.807) is 21.1 Å². The molecule has 0 rings (SSSR count). The van der Waals surface area contributed by atoms with Crippen molar-refractivity contribution in [2.24, 2.45) is 0 Å². The number of hydrogen-bond acceptors (Lipinski definition) is 6. The number of carbonyl (C=O) groups is 2. The maximum Gasteiger partial charge on any atom is 0.305 e. The molecule has 2 unspecified atom stereocenters. The van der Waals surface area contributed by atoms with Crippen LogP contribution in [0.2, 0.25) is 0 Å². The van der Waals surface area contributed by atoms with E-state index < -0.39 is 18.1 Å². The van der Waals surface area contributed by atoms with Crippen LogP contribution in [-0.2, 0) is 19.1 Å². The highest BCUT2D eigenvalue weighted by atomic mass is 16.5. The Morgan fingerprint density at radius 3 is 1.84 bits per heavy atom. The number of carboxylic acid groups (broad SMARTS) is 1. The maximum absolute atomic E-state index is 11.8. The quantitative estimate of drug-likeness (QED) is 0.100. The molecule has 0 saturated carbocycles. The van der Waals surface area contributed by atoms with Gasteiger partial charge in [0.25, 0.3) is 0 Å². The Morgan fingerprint density at radius 1 is 0.838 bits per heavy atom. The van der Waals surface area contributed by atoms with Crippen molar-refractivity contribution in [1.29, 1.82) is 0 Å². The van der Waals surface area contributed by atoms with E-state index in [-0.39, 0.29) is 36.7 Å². The Kier molecular flexibility index (Phi) is 21.2. The normalized spacial score (nSPS) is 14.5. The fraction of sp³-hybridized carbons (Fsp3) is 0.600. The monoisotopic (exact) mass is 519 g/mol. The van der Waals surface area contributed by atoms with E-state index in [0.29, 0.717) is 12.8 Å². The Hall–Kier alpha value is -2.48. The second kappa shape index (κ2) is 22.7. The second-order valence-electron chi connectivity index (χ2n) is 9.75. The molecule has 0 aromatic rings. The van der Waals surface area contributed by atoms with E-state index >= 15 is 0 Å². The van der Waals surface area contributed by atoms with E-state index in [1.807, 2.05) is 0 Å². The van der Waals surface area contributed by atoms with Crippen LogP contribution in [0.1, 0.15) is 64.7 Å². The molecule has 0 aromatic carbocycles. The van der Waals surface area contributed by atoms with E-state index in [1.165, 1.54) is 0 Å². The molecule has 0 aliphatic rings. The molecule has 210 valence electrons. The first-order valence-corrected chi connectivity index (χ1v) is 13.4. The third-order valence-corrected chi connectivity index (χ3v) is 5.40. The molecule has 0 saturated heterocycles. The molecule has 37 heavy (non-hydrogen) atoms. The predicted octanol–water partition coefficient (Wildman–Crippen LogP) is 4.04. The van der Waals surface area contributed by atoms with Crippen molar-refractivity contribution >= 4 is 11.9 Å². The number of esters is 1. The highest BCUT2D eigenvalue weighted by Gasteiger charge is 2.24. The summed E-state index contributed by atoms with van der Waals surface area (Å²) in [6, 6.07) is -0.696. The van der Waals surface area contributed by atoms with Crippen LogP contribution in [-0.4, -0.2) is 74.6 Å². The lowest BCUT2D eigenvalue weighted by Crippen LogP contribution is -2.55.